The molecular formula is C14H26O2S. The van der Waals surface area contributed by atoms with Crippen LogP contribution in [0.15, 0.2) is 0 Å². The molecule has 0 aliphatic carbocycles. The van der Waals surface area contributed by atoms with Crippen LogP contribution in [0.5, 0.6) is 0 Å². The first-order chi connectivity index (χ1) is 8.06. The van der Waals surface area contributed by atoms with Crippen LogP contribution in [0.3, 0.4) is 0 Å². The third kappa shape index (κ3) is 3.62. The van der Waals surface area contributed by atoms with E-state index in [0.717, 1.165) is 0 Å². The zero-order valence-electron chi connectivity index (χ0n) is 11.5. The zero-order valence-corrected chi connectivity index (χ0v) is 12.3. The van der Waals surface area contributed by atoms with Gasteiger partial charge in [0, 0.05) is 10.5 Å². The molecule has 100 valence electrons. The van der Waals surface area contributed by atoms with Crippen molar-refractivity contribution in [2.75, 3.05) is 0 Å². The lowest BCUT2D eigenvalue weighted by Gasteiger charge is -2.44. The lowest BCUT2D eigenvalue weighted by molar-refractivity contribution is -0.0366. The number of hydrogen-bond donors (Lipinski definition) is 0. The minimum Gasteiger partial charge on any atom is -0.374 e. The van der Waals surface area contributed by atoms with Crippen molar-refractivity contribution in [3.8, 4) is 0 Å². The second-order valence-electron chi connectivity index (χ2n) is 5.81. The van der Waals surface area contributed by atoms with Crippen molar-refractivity contribution in [2.45, 2.75) is 88.3 Å². The second kappa shape index (κ2) is 5.94. The van der Waals surface area contributed by atoms with Crippen LogP contribution in [-0.2, 0) is 9.47 Å². The van der Waals surface area contributed by atoms with Gasteiger partial charge in [-0.25, -0.2) is 0 Å². The molecule has 0 radical (unpaired) electrons. The highest BCUT2D eigenvalue weighted by atomic mass is 32.2. The summed E-state index contributed by atoms with van der Waals surface area (Å²) < 4.78 is 12.1. The molecule has 2 fully saturated rings. The zero-order chi connectivity index (χ0) is 12.4. The molecule has 2 bridgehead atoms. The lowest BCUT2D eigenvalue weighted by Crippen LogP contribution is -2.45. The largest absolute Gasteiger partial charge is 0.374 e. The van der Waals surface area contributed by atoms with Gasteiger partial charge in [0.2, 0.25) is 0 Å². The van der Waals surface area contributed by atoms with Crippen LogP contribution < -0.4 is 0 Å². The quantitative estimate of drug-likeness (QED) is 0.767. The maximum absolute atomic E-state index is 6.03. The summed E-state index contributed by atoms with van der Waals surface area (Å²) >= 11 is 2.12. The van der Waals surface area contributed by atoms with E-state index < -0.39 is 0 Å². The van der Waals surface area contributed by atoms with E-state index in [-0.39, 0.29) is 0 Å². The second-order valence-corrected chi connectivity index (χ2v) is 7.30. The Morgan fingerprint density at radius 1 is 0.765 bits per heavy atom. The highest BCUT2D eigenvalue weighted by Crippen LogP contribution is 2.44. The molecule has 2 rings (SSSR count). The molecule has 17 heavy (non-hydrogen) atoms. The average molecular weight is 258 g/mol. The molecule has 2 nitrogen and oxygen atoms in total. The number of ether oxygens (including phenoxy) is 2. The summed E-state index contributed by atoms with van der Waals surface area (Å²) in [5, 5.41) is 1.42. The van der Waals surface area contributed by atoms with Gasteiger partial charge in [-0.1, -0.05) is 0 Å². The van der Waals surface area contributed by atoms with Gasteiger partial charge in [0.1, 0.15) is 0 Å². The molecule has 2 saturated heterocycles. The summed E-state index contributed by atoms with van der Waals surface area (Å²) in [7, 11) is 0. The van der Waals surface area contributed by atoms with Gasteiger partial charge in [0.05, 0.1) is 24.4 Å². The Kier molecular flexibility index (Phi) is 4.79. The fourth-order valence-electron chi connectivity index (χ4n) is 2.95. The van der Waals surface area contributed by atoms with E-state index in [1.165, 1.54) is 25.7 Å². The van der Waals surface area contributed by atoms with E-state index in [1.807, 2.05) is 0 Å². The van der Waals surface area contributed by atoms with Gasteiger partial charge in [-0.3, -0.25) is 0 Å². The van der Waals surface area contributed by atoms with Gasteiger partial charge in [0.15, 0.2) is 0 Å². The van der Waals surface area contributed by atoms with Crippen molar-refractivity contribution >= 4 is 11.8 Å². The Morgan fingerprint density at radius 3 is 1.53 bits per heavy atom. The lowest BCUT2D eigenvalue weighted by atomic mass is 9.94. The van der Waals surface area contributed by atoms with Crippen LogP contribution in [0.1, 0.15) is 53.4 Å². The van der Waals surface area contributed by atoms with Crippen molar-refractivity contribution < 1.29 is 9.47 Å². The minimum absolute atomic E-state index is 0.363. The van der Waals surface area contributed by atoms with Gasteiger partial charge < -0.3 is 9.47 Å². The summed E-state index contributed by atoms with van der Waals surface area (Å²) in [5.41, 5.74) is 0. The van der Waals surface area contributed by atoms with Crippen LogP contribution in [0, 0.1) is 0 Å². The molecule has 2 aliphatic heterocycles. The summed E-state index contributed by atoms with van der Waals surface area (Å²) in [6.45, 7) is 8.57. The Hall–Kier alpha value is 0.270. The first-order valence-corrected chi connectivity index (χ1v) is 7.97. The van der Waals surface area contributed by atoms with Gasteiger partial charge in [-0.05, 0) is 53.4 Å². The maximum atomic E-state index is 6.03. The van der Waals surface area contributed by atoms with Gasteiger partial charge in [0.25, 0.3) is 0 Å². The number of rotatable bonds is 4. The van der Waals surface area contributed by atoms with E-state index in [0.29, 0.717) is 34.9 Å². The van der Waals surface area contributed by atoms with Crippen molar-refractivity contribution in [3.05, 3.63) is 0 Å². The molecule has 0 aromatic heterocycles. The van der Waals surface area contributed by atoms with Crippen molar-refractivity contribution in [1.82, 2.24) is 0 Å². The fourth-order valence-corrected chi connectivity index (χ4v) is 4.69. The first kappa shape index (κ1) is 13.7. The van der Waals surface area contributed by atoms with Crippen LogP contribution in [0.2, 0.25) is 0 Å². The van der Waals surface area contributed by atoms with E-state index in [2.05, 4.69) is 39.5 Å². The third-order valence-corrected chi connectivity index (χ3v) is 5.32. The third-order valence-electron chi connectivity index (χ3n) is 3.54. The molecule has 0 aromatic rings. The minimum atomic E-state index is 0.363. The van der Waals surface area contributed by atoms with Crippen molar-refractivity contribution in [3.63, 3.8) is 0 Å². The highest BCUT2D eigenvalue weighted by molar-refractivity contribution is 8.00. The van der Waals surface area contributed by atoms with Crippen LogP contribution in [0.25, 0.3) is 0 Å². The molecule has 3 heteroatoms. The smallest absolute Gasteiger partial charge is 0.0697 e. The van der Waals surface area contributed by atoms with Crippen molar-refractivity contribution in [1.29, 1.82) is 0 Å². The van der Waals surface area contributed by atoms with E-state index in [4.69, 9.17) is 9.47 Å². The predicted molar refractivity (Wildman–Crippen MR) is 73.7 cm³/mol. The maximum Gasteiger partial charge on any atom is 0.0697 e. The van der Waals surface area contributed by atoms with Crippen LogP contribution in [-0.4, -0.2) is 34.9 Å². The van der Waals surface area contributed by atoms with Gasteiger partial charge >= 0.3 is 0 Å². The summed E-state index contributed by atoms with van der Waals surface area (Å²) in [5.74, 6) is 0. The van der Waals surface area contributed by atoms with Gasteiger partial charge in [-0.15, -0.1) is 11.8 Å². The number of thioether (sulfide) groups is 1. The Balaban J connectivity index is 1.87. The molecule has 0 aromatic carbocycles. The Morgan fingerprint density at radius 2 is 1.18 bits per heavy atom. The van der Waals surface area contributed by atoms with E-state index in [1.54, 1.807) is 0 Å². The molecular weight excluding hydrogens is 232 g/mol. The summed E-state index contributed by atoms with van der Waals surface area (Å²) in [4.78, 5) is 0. The summed E-state index contributed by atoms with van der Waals surface area (Å²) in [6, 6.07) is 0. The summed E-state index contributed by atoms with van der Waals surface area (Å²) in [6.07, 6.45) is 6.65. The molecule has 0 unspecified atom stereocenters. The molecule has 0 amide bonds. The molecule has 0 saturated carbocycles. The highest BCUT2D eigenvalue weighted by Gasteiger charge is 2.40. The van der Waals surface area contributed by atoms with E-state index in [9.17, 15) is 0 Å². The molecule has 0 N–H and O–H groups in total. The van der Waals surface area contributed by atoms with Crippen LogP contribution in [0.4, 0.5) is 0 Å². The SMILES string of the molecule is CC(C)O[C@@H]1CC[C@H]2S[C@@H]1CC[C@H]2OC(C)C. The predicted octanol–water partition coefficient (Wildman–Crippen LogP) is 3.63. The molecule has 0 spiro atoms. The molecule has 4 atom stereocenters. The van der Waals surface area contributed by atoms with Crippen molar-refractivity contribution in [2.24, 2.45) is 0 Å². The van der Waals surface area contributed by atoms with E-state index >= 15 is 0 Å². The normalized spacial score (nSPS) is 37.8. The van der Waals surface area contributed by atoms with Crippen LogP contribution >= 0.6 is 11.8 Å². The topological polar surface area (TPSA) is 18.5 Å². The number of fused-ring (bicyclic) bond motifs is 2. The first-order valence-electron chi connectivity index (χ1n) is 7.02. The Bertz CT molecular complexity index is 218. The molecule has 2 heterocycles. The number of hydrogen-bond acceptors (Lipinski definition) is 3. The Labute approximate surface area is 110 Å². The standard InChI is InChI=1S/C14H26O2S/c1-9(2)15-11-5-7-14-12(16-10(3)4)6-8-13(11)17-14/h9-14H,5-8H2,1-4H3/t11-,12-,13-,14-/m1/s1. The fraction of sp³-hybridized carbons (Fsp3) is 1.00. The van der Waals surface area contributed by atoms with Gasteiger partial charge in [-0.2, -0.15) is 0 Å². The monoisotopic (exact) mass is 258 g/mol. The average Bonchev–Trinajstić information content (AvgIpc) is 2.24. The molecule has 2 aliphatic rings.